The molecule has 0 fully saturated rings. The van der Waals surface area contributed by atoms with Gasteiger partial charge in [0.1, 0.15) is 16.3 Å². The number of hydrazine groups is 1. The first-order valence-corrected chi connectivity index (χ1v) is 8.60. The van der Waals surface area contributed by atoms with Crippen LogP contribution in [0, 0.1) is 0 Å². The summed E-state index contributed by atoms with van der Waals surface area (Å²) in [6.07, 6.45) is -0.300. The number of amides is 1. The van der Waals surface area contributed by atoms with E-state index in [9.17, 15) is 4.79 Å². The lowest BCUT2D eigenvalue weighted by Crippen LogP contribution is -2.56. The van der Waals surface area contributed by atoms with Gasteiger partial charge in [-0.2, -0.15) is 0 Å². The maximum absolute atomic E-state index is 12.1. The monoisotopic (exact) mass is 336 g/mol. The van der Waals surface area contributed by atoms with Gasteiger partial charge in [-0.15, -0.1) is 0 Å². The fraction of sp³-hybridized carbons (Fsp3) is 0.167. The number of benzene rings is 2. The van der Waals surface area contributed by atoms with Crippen LogP contribution in [0.2, 0.25) is 0 Å². The van der Waals surface area contributed by atoms with Crippen LogP contribution in [0.15, 0.2) is 70.6 Å². The van der Waals surface area contributed by atoms with Gasteiger partial charge in [0, 0.05) is 18.1 Å². The number of hydrogen-bond donors (Lipinski definition) is 1. The molecule has 5 nitrogen and oxygen atoms in total. The van der Waals surface area contributed by atoms with E-state index in [4.69, 9.17) is 9.98 Å². The summed E-state index contributed by atoms with van der Waals surface area (Å²) >= 11 is 1.57. The van der Waals surface area contributed by atoms with E-state index in [1.807, 2.05) is 60.7 Å². The Bertz CT molecular complexity index is 819. The summed E-state index contributed by atoms with van der Waals surface area (Å²) in [6.45, 7) is 1.55. The van der Waals surface area contributed by atoms with E-state index in [0.717, 1.165) is 16.2 Å². The number of rotatable bonds is 2. The van der Waals surface area contributed by atoms with Gasteiger partial charge in [0.2, 0.25) is 5.91 Å². The van der Waals surface area contributed by atoms with Gasteiger partial charge >= 0.3 is 0 Å². The number of carbonyl (C=O) groups is 1. The number of fused-ring (bicyclic) bond motifs is 1. The summed E-state index contributed by atoms with van der Waals surface area (Å²) in [4.78, 5) is 21.6. The van der Waals surface area contributed by atoms with Crippen LogP contribution in [0.25, 0.3) is 0 Å². The van der Waals surface area contributed by atoms with Gasteiger partial charge in [0.15, 0.2) is 6.17 Å². The number of hydrogen-bond acceptors (Lipinski definition) is 5. The zero-order valence-corrected chi connectivity index (χ0v) is 13.9. The van der Waals surface area contributed by atoms with Gasteiger partial charge in [-0.05, 0) is 0 Å². The van der Waals surface area contributed by atoms with Crippen LogP contribution in [0.3, 0.4) is 0 Å². The molecule has 120 valence electrons. The number of amidine groups is 1. The predicted octanol–water partition coefficient (Wildman–Crippen LogP) is 2.65. The normalized spacial score (nSPS) is 22.3. The Morgan fingerprint density at radius 3 is 2.25 bits per heavy atom. The zero-order valence-electron chi connectivity index (χ0n) is 13.1. The van der Waals surface area contributed by atoms with Gasteiger partial charge in [-0.3, -0.25) is 10.2 Å². The molecule has 2 aliphatic rings. The minimum Gasteiger partial charge on any atom is -0.278 e. The largest absolute Gasteiger partial charge is 0.278 e. The molecule has 1 N–H and O–H groups in total. The lowest BCUT2D eigenvalue weighted by Gasteiger charge is -2.34. The first kappa shape index (κ1) is 15.0. The van der Waals surface area contributed by atoms with Crippen molar-refractivity contribution in [3.63, 3.8) is 0 Å². The maximum Gasteiger partial charge on any atom is 0.239 e. The van der Waals surface area contributed by atoms with E-state index in [-0.39, 0.29) is 17.4 Å². The second kappa shape index (κ2) is 6.13. The number of nitrogens with one attached hydrogen (secondary N) is 1. The summed E-state index contributed by atoms with van der Waals surface area (Å²) in [5.41, 5.74) is 5.15. The summed E-state index contributed by atoms with van der Waals surface area (Å²) in [7, 11) is 0. The predicted molar refractivity (Wildman–Crippen MR) is 96.8 cm³/mol. The van der Waals surface area contributed by atoms with Gasteiger partial charge < -0.3 is 0 Å². The van der Waals surface area contributed by atoms with Crippen molar-refractivity contribution in [2.45, 2.75) is 18.5 Å². The SMILES string of the molecule is CC(=O)N1NC(c2ccccc2)=N[C@@H]2N=C(c3ccccc3)S[C@@H]21. The molecule has 2 aromatic rings. The van der Waals surface area contributed by atoms with E-state index in [2.05, 4.69) is 5.43 Å². The van der Waals surface area contributed by atoms with Gasteiger partial charge in [-0.1, -0.05) is 72.4 Å². The number of aliphatic imine (C=N–C) groups is 2. The van der Waals surface area contributed by atoms with Crippen LogP contribution in [0.5, 0.6) is 0 Å². The molecule has 1 amide bonds. The molecule has 2 aromatic carbocycles. The fourth-order valence-electron chi connectivity index (χ4n) is 2.72. The van der Waals surface area contributed by atoms with Crippen LogP contribution < -0.4 is 5.43 Å². The number of carbonyl (C=O) groups excluding carboxylic acids is 1. The third kappa shape index (κ3) is 2.69. The van der Waals surface area contributed by atoms with Crippen molar-refractivity contribution in [1.82, 2.24) is 10.4 Å². The molecule has 0 aliphatic carbocycles. The van der Waals surface area contributed by atoms with Crippen LogP contribution >= 0.6 is 11.8 Å². The molecule has 4 rings (SSSR count). The molecule has 0 bridgehead atoms. The number of thioether (sulfide) groups is 1. The molecular formula is C18H16N4OS. The second-order valence-corrected chi connectivity index (χ2v) is 6.67. The highest BCUT2D eigenvalue weighted by molar-refractivity contribution is 8.15. The van der Waals surface area contributed by atoms with Crippen LogP contribution in [-0.4, -0.2) is 33.3 Å². The molecule has 0 saturated heterocycles. The Morgan fingerprint density at radius 2 is 1.62 bits per heavy atom. The zero-order chi connectivity index (χ0) is 16.5. The van der Waals surface area contributed by atoms with Crippen molar-refractivity contribution in [3.8, 4) is 0 Å². The van der Waals surface area contributed by atoms with Crippen molar-refractivity contribution < 1.29 is 4.79 Å². The summed E-state index contributed by atoms with van der Waals surface area (Å²) < 4.78 is 0. The Labute approximate surface area is 144 Å². The Morgan fingerprint density at radius 1 is 1.00 bits per heavy atom. The summed E-state index contributed by atoms with van der Waals surface area (Å²) in [5, 5.41) is 2.38. The number of nitrogens with zero attached hydrogens (tertiary/aromatic N) is 3. The van der Waals surface area contributed by atoms with Crippen molar-refractivity contribution in [2.24, 2.45) is 9.98 Å². The molecule has 0 aromatic heterocycles. The van der Waals surface area contributed by atoms with E-state index in [1.54, 1.807) is 23.7 Å². The third-order valence-corrected chi connectivity index (χ3v) is 5.15. The van der Waals surface area contributed by atoms with Crippen molar-refractivity contribution in [1.29, 1.82) is 0 Å². The minimum absolute atomic E-state index is 0.0506. The lowest BCUT2D eigenvalue weighted by molar-refractivity contribution is -0.132. The topological polar surface area (TPSA) is 57.1 Å². The first-order chi connectivity index (χ1) is 11.7. The van der Waals surface area contributed by atoms with Gasteiger partial charge in [0.05, 0.1) is 0 Å². The van der Waals surface area contributed by atoms with Crippen molar-refractivity contribution in [2.75, 3.05) is 0 Å². The van der Waals surface area contributed by atoms with Crippen LogP contribution in [-0.2, 0) is 4.79 Å². The fourth-order valence-corrected chi connectivity index (χ4v) is 3.94. The lowest BCUT2D eigenvalue weighted by atomic mass is 10.2. The maximum atomic E-state index is 12.1. The minimum atomic E-state index is -0.300. The molecule has 0 radical (unpaired) electrons. The average molecular weight is 336 g/mol. The molecule has 0 saturated carbocycles. The molecule has 2 atom stereocenters. The quantitative estimate of drug-likeness (QED) is 0.917. The van der Waals surface area contributed by atoms with Crippen molar-refractivity contribution in [3.05, 3.63) is 71.8 Å². The molecule has 24 heavy (non-hydrogen) atoms. The van der Waals surface area contributed by atoms with E-state index < -0.39 is 0 Å². The van der Waals surface area contributed by atoms with Crippen LogP contribution in [0.1, 0.15) is 18.1 Å². The second-order valence-electron chi connectivity index (χ2n) is 5.57. The highest BCUT2D eigenvalue weighted by Gasteiger charge is 2.40. The summed E-state index contributed by atoms with van der Waals surface area (Å²) in [5.74, 6) is 0.621. The third-order valence-electron chi connectivity index (χ3n) is 3.89. The van der Waals surface area contributed by atoms with E-state index >= 15 is 0 Å². The molecule has 2 aliphatic heterocycles. The highest BCUT2D eigenvalue weighted by atomic mass is 32.2. The molecule has 0 spiro atoms. The van der Waals surface area contributed by atoms with E-state index in [0.29, 0.717) is 5.84 Å². The van der Waals surface area contributed by atoms with Crippen LogP contribution in [0.4, 0.5) is 0 Å². The molecule has 2 heterocycles. The summed E-state index contributed by atoms with van der Waals surface area (Å²) in [6, 6.07) is 19.8. The molecular weight excluding hydrogens is 320 g/mol. The molecule has 6 heteroatoms. The Kier molecular flexibility index (Phi) is 3.82. The average Bonchev–Trinajstić information content (AvgIpc) is 3.06. The Balaban J connectivity index is 1.71. The smallest absolute Gasteiger partial charge is 0.239 e. The standard InChI is InChI=1S/C18H16N4OS/c1-12(23)22-18-16(19-15(21-22)13-8-4-2-5-9-13)20-17(24-18)14-10-6-3-7-11-14/h2-11,16,18H,1H3,(H,19,21)/t16-,18+/m1/s1. The van der Waals surface area contributed by atoms with Gasteiger partial charge in [-0.25, -0.2) is 15.0 Å². The van der Waals surface area contributed by atoms with Gasteiger partial charge in [0.25, 0.3) is 0 Å². The van der Waals surface area contributed by atoms with E-state index in [1.165, 1.54) is 0 Å². The first-order valence-electron chi connectivity index (χ1n) is 7.72. The van der Waals surface area contributed by atoms with Crippen molar-refractivity contribution >= 4 is 28.5 Å². The Hall–Kier alpha value is -2.60. The highest BCUT2D eigenvalue weighted by Crippen LogP contribution is 2.35. The molecule has 0 unspecified atom stereocenters.